The molecule has 5 heteroatoms. The topological polar surface area (TPSA) is 59.3 Å². The van der Waals surface area contributed by atoms with Gasteiger partial charge in [-0.05, 0) is 38.1 Å². The minimum Gasteiger partial charge on any atom is -0.508 e. The zero-order valence-corrected chi connectivity index (χ0v) is 12.2. The first-order chi connectivity index (χ1) is 8.84. The first-order valence-corrected chi connectivity index (χ1v) is 8.19. The molecule has 0 atom stereocenters. The van der Waals surface area contributed by atoms with Crippen molar-refractivity contribution in [3.63, 3.8) is 0 Å². The molecule has 0 aliphatic heterocycles. The second kappa shape index (κ2) is 4.89. The highest BCUT2D eigenvalue weighted by molar-refractivity contribution is 7.90. The van der Waals surface area contributed by atoms with Gasteiger partial charge in [0.05, 0.1) is 5.75 Å². The van der Waals surface area contributed by atoms with Crippen LogP contribution < -0.4 is 0 Å². The highest BCUT2D eigenvalue weighted by Gasteiger charge is 2.17. The van der Waals surface area contributed by atoms with Gasteiger partial charge in [-0.3, -0.25) is 0 Å². The molecule has 4 nitrogen and oxygen atoms in total. The molecule has 19 heavy (non-hydrogen) atoms. The molecule has 0 spiro atoms. The van der Waals surface area contributed by atoms with E-state index in [0.29, 0.717) is 0 Å². The zero-order chi connectivity index (χ0) is 14.2. The van der Waals surface area contributed by atoms with E-state index in [2.05, 4.69) is 0 Å². The second-order valence-electron chi connectivity index (χ2n) is 5.02. The molecule has 2 aromatic rings. The Morgan fingerprint density at radius 2 is 1.95 bits per heavy atom. The van der Waals surface area contributed by atoms with Crippen molar-refractivity contribution in [1.29, 1.82) is 0 Å². The van der Waals surface area contributed by atoms with Crippen molar-refractivity contribution < 1.29 is 13.5 Å². The summed E-state index contributed by atoms with van der Waals surface area (Å²) in [5.41, 5.74) is 1.73. The molecule has 1 N–H and O–H groups in total. The van der Waals surface area contributed by atoms with E-state index in [1.807, 2.05) is 30.5 Å². The molecule has 0 fully saturated rings. The van der Waals surface area contributed by atoms with Crippen LogP contribution in [-0.4, -0.2) is 23.8 Å². The van der Waals surface area contributed by atoms with Crippen LogP contribution in [-0.2, 0) is 15.6 Å². The number of hydrogen-bond donors (Lipinski definition) is 1. The molecule has 0 unspecified atom stereocenters. The molecule has 1 aromatic heterocycles. The number of benzene rings is 1. The third-order valence-corrected chi connectivity index (χ3v) is 4.84. The summed E-state index contributed by atoms with van der Waals surface area (Å²) in [7, 11) is -3.07. The largest absolute Gasteiger partial charge is 0.508 e. The lowest BCUT2D eigenvalue weighted by Gasteiger charge is -2.14. The molecular weight excluding hydrogens is 262 g/mol. The van der Waals surface area contributed by atoms with Crippen LogP contribution in [0.4, 0.5) is 0 Å². The van der Waals surface area contributed by atoms with Gasteiger partial charge in [0.15, 0.2) is 9.84 Å². The van der Waals surface area contributed by atoms with Gasteiger partial charge < -0.3 is 9.67 Å². The Balaban J connectivity index is 2.63. The fourth-order valence-electron chi connectivity index (χ4n) is 2.33. The molecule has 104 valence electrons. The predicted octanol–water partition coefficient (Wildman–Crippen LogP) is 2.86. The third-order valence-electron chi connectivity index (χ3n) is 3.23. The Kier molecular flexibility index (Phi) is 3.58. The molecule has 0 saturated carbocycles. The van der Waals surface area contributed by atoms with Gasteiger partial charge in [0.25, 0.3) is 0 Å². The van der Waals surface area contributed by atoms with Crippen molar-refractivity contribution in [2.24, 2.45) is 0 Å². The van der Waals surface area contributed by atoms with Gasteiger partial charge in [0.2, 0.25) is 0 Å². The number of aromatic nitrogens is 1. The van der Waals surface area contributed by atoms with E-state index in [1.165, 1.54) is 0 Å². The average Bonchev–Trinajstić information content (AvgIpc) is 2.65. The smallest absolute Gasteiger partial charge is 0.155 e. The van der Waals surface area contributed by atoms with Crippen LogP contribution in [0.2, 0.25) is 0 Å². The number of fused-ring (bicyclic) bond motifs is 1. The normalized spacial score (nSPS) is 12.4. The summed E-state index contributed by atoms with van der Waals surface area (Å²) in [6.45, 7) is 5.70. The van der Waals surface area contributed by atoms with Crippen molar-refractivity contribution in [3.05, 3.63) is 30.0 Å². The van der Waals surface area contributed by atoms with E-state index in [0.717, 1.165) is 16.6 Å². The van der Waals surface area contributed by atoms with E-state index < -0.39 is 9.84 Å². The Labute approximate surface area is 113 Å². The van der Waals surface area contributed by atoms with Crippen LogP contribution in [0.3, 0.4) is 0 Å². The Bertz CT molecular complexity index is 699. The molecule has 0 aliphatic rings. The van der Waals surface area contributed by atoms with E-state index >= 15 is 0 Å². The van der Waals surface area contributed by atoms with Crippen molar-refractivity contribution in [1.82, 2.24) is 4.57 Å². The summed E-state index contributed by atoms with van der Waals surface area (Å²) < 4.78 is 25.7. The van der Waals surface area contributed by atoms with Gasteiger partial charge in [-0.25, -0.2) is 8.42 Å². The van der Waals surface area contributed by atoms with Crippen LogP contribution in [0, 0.1) is 0 Å². The van der Waals surface area contributed by atoms with Gasteiger partial charge in [-0.15, -0.1) is 0 Å². The van der Waals surface area contributed by atoms with Gasteiger partial charge >= 0.3 is 0 Å². The molecule has 2 rings (SSSR count). The highest BCUT2D eigenvalue weighted by atomic mass is 32.2. The molecule has 0 radical (unpaired) electrons. The molecular formula is C14H19NO3S. The van der Waals surface area contributed by atoms with Gasteiger partial charge in [0, 0.05) is 28.4 Å². The monoisotopic (exact) mass is 281 g/mol. The molecule has 1 heterocycles. The first-order valence-electron chi connectivity index (χ1n) is 6.37. The number of phenols is 1. The summed E-state index contributed by atoms with van der Waals surface area (Å²) in [6.07, 6.45) is 0. The van der Waals surface area contributed by atoms with E-state index in [9.17, 15) is 13.5 Å². The fraction of sp³-hybridized carbons (Fsp3) is 0.429. The van der Waals surface area contributed by atoms with Crippen LogP contribution in [0.25, 0.3) is 10.9 Å². The lowest BCUT2D eigenvalue weighted by Crippen LogP contribution is -2.12. The molecule has 0 amide bonds. The number of nitrogens with zero attached hydrogens (tertiary/aromatic N) is 1. The molecule has 1 aromatic carbocycles. The highest BCUT2D eigenvalue weighted by Crippen LogP contribution is 2.28. The quantitative estimate of drug-likeness (QED) is 0.937. The van der Waals surface area contributed by atoms with Crippen molar-refractivity contribution in [3.8, 4) is 5.75 Å². The average molecular weight is 281 g/mol. The van der Waals surface area contributed by atoms with Gasteiger partial charge in [-0.1, -0.05) is 6.92 Å². The Hall–Kier alpha value is -1.49. The minimum atomic E-state index is -3.07. The lowest BCUT2D eigenvalue weighted by molar-refractivity contribution is 0.476. The molecule has 0 bridgehead atoms. The summed E-state index contributed by atoms with van der Waals surface area (Å²) in [6, 6.07) is 7.13. The fourth-order valence-corrected chi connectivity index (χ4v) is 3.21. The maximum Gasteiger partial charge on any atom is 0.155 e. The number of sulfone groups is 1. The standard InChI is InChI=1S/C14H19NO3S/c1-4-19(17,18)9-12-7-11-8-13(16)5-6-14(11)15(12)10(2)3/h5-8,10,16H,4,9H2,1-3H3. The number of rotatable bonds is 4. The number of hydrogen-bond acceptors (Lipinski definition) is 3. The second-order valence-corrected chi connectivity index (χ2v) is 7.37. The summed E-state index contributed by atoms with van der Waals surface area (Å²) >= 11 is 0. The maximum atomic E-state index is 11.8. The summed E-state index contributed by atoms with van der Waals surface area (Å²) in [5.74, 6) is 0.368. The number of aromatic hydroxyl groups is 1. The van der Waals surface area contributed by atoms with E-state index in [-0.39, 0.29) is 23.3 Å². The van der Waals surface area contributed by atoms with Crippen LogP contribution in [0.1, 0.15) is 32.5 Å². The van der Waals surface area contributed by atoms with Gasteiger partial charge in [-0.2, -0.15) is 0 Å². The molecule has 0 aliphatic carbocycles. The zero-order valence-electron chi connectivity index (χ0n) is 11.4. The minimum absolute atomic E-state index is 0.0388. The van der Waals surface area contributed by atoms with Crippen LogP contribution >= 0.6 is 0 Å². The Morgan fingerprint density at radius 1 is 1.26 bits per heavy atom. The van der Waals surface area contributed by atoms with E-state index in [1.54, 1.807) is 19.1 Å². The predicted molar refractivity (Wildman–Crippen MR) is 77.2 cm³/mol. The first kappa shape index (κ1) is 13.9. The molecule has 0 saturated heterocycles. The number of phenolic OH excluding ortho intramolecular Hbond substituents is 1. The van der Waals surface area contributed by atoms with Crippen molar-refractivity contribution in [2.75, 3.05) is 5.75 Å². The van der Waals surface area contributed by atoms with Crippen molar-refractivity contribution in [2.45, 2.75) is 32.6 Å². The summed E-state index contributed by atoms with van der Waals surface area (Å²) in [4.78, 5) is 0. The van der Waals surface area contributed by atoms with Crippen molar-refractivity contribution >= 4 is 20.7 Å². The van der Waals surface area contributed by atoms with Crippen LogP contribution in [0.5, 0.6) is 5.75 Å². The Morgan fingerprint density at radius 3 is 2.53 bits per heavy atom. The van der Waals surface area contributed by atoms with E-state index in [4.69, 9.17) is 0 Å². The maximum absolute atomic E-state index is 11.8. The SMILES string of the molecule is CCS(=O)(=O)Cc1cc2cc(O)ccc2n1C(C)C. The lowest BCUT2D eigenvalue weighted by atomic mass is 10.2. The van der Waals surface area contributed by atoms with Crippen LogP contribution in [0.15, 0.2) is 24.3 Å². The van der Waals surface area contributed by atoms with Gasteiger partial charge in [0.1, 0.15) is 5.75 Å². The summed E-state index contributed by atoms with van der Waals surface area (Å²) in [5, 5.41) is 10.4. The third kappa shape index (κ3) is 2.76.